The lowest BCUT2D eigenvalue weighted by Crippen LogP contribution is -2.12. The molecule has 4 N–H and O–H groups in total. The molecule has 0 aliphatic rings. The second-order valence-corrected chi connectivity index (χ2v) is 4.91. The van der Waals surface area contributed by atoms with Gasteiger partial charge in [0.2, 0.25) is 5.91 Å². The first-order valence-corrected chi connectivity index (χ1v) is 6.51. The number of thioether (sulfide) groups is 1. The number of nitrogen functional groups attached to an aromatic ring is 1. The number of carbonyl (C=O) groups is 1. The minimum Gasteiger partial charge on any atom is -0.399 e. The summed E-state index contributed by atoms with van der Waals surface area (Å²) in [6, 6.07) is 15.3. The highest BCUT2D eigenvalue weighted by Gasteiger charge is 2.09. The third-order valence-corrected chi connectivity index (χ3v) is 3.65. The maximum absolute atomic E-state index is 11.3. The maximum Gasteiger partial charge on any atom is 0.249 e. The van der Waals surface area contributed by atoms with Gasteiger partial charge in [-0.2, -0.15) is 0 Å². The average molecular weight is 258 g/mol. The topological polar surface area (TPSA) is 69.1 Å². The Morgan fingerprint density at radius 1 is 1.11 bits per heavy atom. The Kier molecular flexibility index (Phi) is 3.89. The molecular formula is C14H14N2OS. The minimum absolute atomic E-state index is 0.446. The molecule has 0 heterocycles. The molecule has 0 aliphatic carbocycles. The molecule has 3 nitrogen and oxygen atoms in total. The highest BCUT2D eigenvalue weighted by atomic mass is 32.2. The maximum atomic E-state index is 11.3. The van der Waals surface area contributed by atoms with E-state index < -0.39 is 5.91 Å². The fourth-order valence-electron chi connectivity index (χ4n) is 1.60. The summed E-state index contributed by atoms with van der Waals surface area (Å²) in [6.45, 7) is 0. The zero-order chi connectivity index (χ0) is 13.0. The van der Waals surface area contributed by atoms with E-state index in [2.05, 4.69) is 0 Å². The van der Waals surface area contributed by atoms with E-state index in [9.17, 15) is 4.79 Å². The van der Waals surface area contributed by atoms with E-state index in [0.717, 1.165) is 10.6 Å². The smallest absolute Gasteiger partial charge is 0.249 e. The number of amides is 1. The van der Waals surface area contributed by atoms with Gasteiger partial charge in [-0.1, -0.05) is 30.3 Å². The van der Waals surface area contributed by atoms with E-state index in [0.29, 0.717) is 11.3 Å². The van der Waals surface area contributed by atoms with Gasteiger partial charge < -0.3 is 11.5 Å². The average Bonchev–Trinajstić information content (AvgIpc) is 2.38. The van der Waals surface area contributed by atoms with Gasteiger partial charge in [-0.05, 0) is 23.8 Å². The van der Waals surface area contributed by atoms with Crippen molar-refractivity contribution in [3.05, 3.63) is 59.7 Å². The number of anilines is 1. The molecule has 0 unspecified atom stereocenters. The molecule has 1 amide bonds. The van der Waals surface area contributed by atoms with Crippen LogP contribution in [-0.2, 0) is 5.75 Å². The molecule has 0 spiro atoms. The zero-order valence-corrected chi connectivity index (χ0v) is 10.6. The molecule has 0 saturated heterocycles. The van der Waals surface area contributed by atoms with Crippen LogP contribution in [0.2, 0.25) is 0 Å². The molecule has 2 aromatic rings. The van der Waals surface area contributed by atoms with Crippen LogP contribution >= 0.6 is 11.8 Å². The van der Waals surface area contributed by atoms with Crippen LogP contribution in [0.25, 0.3) is 0 Å². The van der Waals surface area contributed by atoms with Crippen molar-refractivity contribution < 1.29 is 4.79 Å². The fraction of sp³-hybridized carbons (Fsp3) is 0.0714. The number of hydrogen-bond acceptors (Lipinski definition) is 3. The van der Waals surface area contributed by atoms with E-state index in [-0.39, 0.29) is 0 Å². The summed E-state index contributed by atoms with van der Waals surface area (Å²) in [5, 5.41) is 0. The number of rotatable bonds is 4. The SMILES string of the molecule is NC(=O)c1cc(N)ccc1SCc1ccccc1. The summed E-state index contributed by atoms with van der Waals surface area (Å²) in [6.07, 6.45) is 0. The van der Waals surface area contributed by atoms with Crippen LogP contribution in [0.4, 0.5) is 5.69 Å². The van der Waals surface area contributed by atoms with Gasteiger partial charge in [-0.25, -0.2) is 0 Å². The highest BCUT2D eigenvalue weighted by Crippen LogP contribution is 2.27. The predicted molar refractivity (Wildman–Crippen MR) is 75.4 cm³/mol. The van der Waals surface area contributed by atoms with E-state index in [4.69, 9.17) is 11.5 Å². The number of nitrogens with two attached hydrogens (primary N) is 2. The van der Waals surface area contributed by atoms with Gasteiger partial charge in [0.25, 0.3) is 0 Å². The van der Waals surface area contributed by atoms with Gasteiger partial charge in [0.15, 0.2) is 0 Å². The van der Waals surface area contributed by atoms with Gasteiger partial charge in [0.1, 0.15) is 0 Å². The van der Waals surface area contributed by atoms with Gasteiger partial charge in [-0.3, -0.25) is 4.79 Å². The van der Waals surface area contributed by atoms with Crippen molar-refractivity contribution >= 4 is 23.4 Å². The van der Waals surface area contributed by atoms with Gasteiger partial charge in [0.05, 0.1) is 5.56 Å². The third kappa shape index (κ3) is 3.05. The number of hydrogen-bond donors (Lipinski definition) is 2. The number of primary amides is 1. The van der Waals surface area contributed by atoms with E-state index in [1.807, 2.05) is 36.4 Å². The van der Waals surface area contributed by atoms with Crippen LogP contribution in [0.3, 0.4) is 0 Å². The molecule has 92 valence electrons. The standard InChI is InChI=1S/C14H14N2OS/c15-11-6-7-13(12(8-11)14(16)17)18-9-10-4-2-1-3-5-10/h1-8H,9,15H2,(H2,16,17). The van der Waals surface area contributed by atoms with Crippen LogP contribution in [0.5, 0.6) is 0 Å². The number of carbonyl (C=O) groups excluding carboxylic acids is 1. The first kappa shape index (κ1) is 12.5. The second kappa shape index (κ2) is 5.60. The molecule has 2 aromatic carbocycles. The normalized spacial score (nSPS) is 10.2. The minimum atomic E-state index is -0.446. The molecule has 0 aromatic heterocycles. The Bertz CT molecular complexity index is 555. The summed E-state index contributed by atoms with van der Waals surface area (Å²) >= 11 is 1.58. The summed E-state index contributed by atoms with van der Waals surface area (Å²) in [7, 11) is 0. The lowest BCUT2D eigenvalue weighted by atomic mass is 10.2. The Hall–Kier alpha value is -1.94. The molecule has 2 rings (SSSR count). The van der Waals surface area contributed by atoms with E-state index in [1.165, 1.54) is 5.56 Å². The van der Waals surface area contributed by atoms with Gasteiger partial charge >= 0.3 is 0 Å². The van der Waals surface area contributed by atoms with Crippen LogP contribution in [0.1, 0.15) is 15.9 Å². The second-order valence-electron chi connectivity index (χ2n) is 3.89. The fourth-order valence-corrected chi connectivity index (χ4v) is 2.60. The zero-order valence-electron chi connectivity index (χ0n) is 9.80. The Balaban J connectivity index is 2.17. The summed E-state index contributed by atoms with van der Waals surface area (Å²) in [4.78, 5) is 12.2. The van der Waals surface area contributed by atoms with Crippen molar-refractivity contribution in [1.82, 2.24) is 0 Å². The monoisotopic (exact) mass is 258 g/mol. The van der Waals surface area contributed by atoms with Crippen molar-refractivity contribution in [3.63, 3.8) is 0 Å². The van der Waals surface area contributed by atoms with Crippen LogP contribution < -0.4 is 11.5 Å². The van der Waals surface area contributed by atoms with E-state index in [1.54, 1.807) is 23.9 Å². The largest absolute Gasteiger partial charge is 0.399 e. The first-order chi connectivity index (χ1) is 8.66. The molecule has 0 bridgehead atoms. The quantitative estimate of drug-likeness (QED) is 0.654. The van der Waals surface area contributed by atoms with Gasteiger partial charge in [-0.15, -0.1) is 11.8 Å². The van der Waals surface area contributed by atoms with Crippen molar-refractivity contribution in [2.45, 2.75) is 10.6 Å². The molecule has 0 fully saturated rings. The molecule has 4 heteroatoms. The Morgan fingerprint density at radius 2 is 1.83 bits per heavy atom. The van der Waals surface area contributed by atoms with Crippen molar-refractivity contribution in [3.8, 4) is 0 Å². The first-order valence-electron chi connectivity index (χ1n) is 5.53. The van der Waals surface area contributed by atoms with Crippen LogP contribution in [-0.4, -0.2) is 5.91 Å². The molecular weight excluding hydrogens is 244 g/mol. The van der Waals surface area contributed by atoms with Crippen LogP contribution in [0.15, 0.2) is 53.4 Å². The van der Waals surface area contributed by atoms with Crippen molar-refractivity contribution in [2.24, 2.45) is 5.73 Å². The molecule has 18 heavy (non-hydrogen) atoms. The number of benzene rings is 2. The third-order valence-electron chi connectivity index (χ3n) is 2.51. The Labute approximate surface area is 110 Å². The summed E-state index contributed by atoms with van der Waals surface area (Å²) < 4.78 is 0. The van der Waals surface area contributed by atoms with Crippen molar-refractivity contribution in [2.75, 3.05) is 5.73 Å². The summed E-state index contributed by atoms with van der Waals surface area (Å²) in [5.41, 5.74) is 13.2. The van der Waals surface area contributed by atoms with Crippen LogP contribution in [0, 0.1) is 0 Å². The molecule has 0 radical (unpaired) electrons. The summed E-state index contributed by atoms with van der Waals surface area (Å²) in [5.74, 6) is 0.350. The molecule has 0 saturated carbocycles. The van der Waals surface area contributed by atoms with Crippen molar-refractivity contribution in [1.29, 1.82) is 0 Å². The van der Waals surface area contributed by atoms with E-state index >= 15 is 0 Å². The molecule has 0 atom stereocenters. The predicted octanol–water partition coefficient (Wildman–Crippen LogP) is 2.66. The lowest BCUT2D eigenvalue weighted by molar-refractivity contribution is 0.0997. The Morgan fingerprint density at radius 3 is 2.50 bits per heavy atom. The van der Waals surface area contributed by atoms with Gasteiger partial charge in [0, 0.05) is 16.3 Å². The lowest BCUT2D eigenvalue weighted by Gasteiger charge is -2.07. The molecule has 0 aliphatic heterocycles. The highest BCUT2D eigenvalue weighted by molar-refractivity contribution is 7.98.